The van der Waals surface area contributed by atoms with Gasteiger partial charge in [0.15, 0.2) is 0 Å². The summed E-state index contributed by atoms with van der Waals surface area (Å²) in [6.07, 6.45) is -0.0469. The van der Waals surface area contributed by atoms with Gasteiger partial charge < -0.3 is 16.6 Å². The summed E-state index contributed by atoms with van der Waals surface area (Å²) < 4.78 is 13.3. The molecule has 0 saturated carbocycles. The lowest BCUT2D eigenvalue weighted by Crippen LogP contribution is -2.38. The second kappa shape index (κ2) is 7.45. The third kappa shape index (κ3) is 4.74. The number of rotatable bonds is 6. The van der Waals surface area contributed by atoms with Gasteiger partial charge in [-0.2, -0.15) is 0 Å². The highest BCUT2D eigenvalue weighted by Gasteiger charge is 2.16. The SMILES string of the molecule is Nc1ccc(SCC(O)C(N)Cc2ccccc2)cc1F. The fourth-order valence-electron chi connectivity index (χ4n) is 1.93. The van der Waals surface area contributed by atoms with Crippen LogP contribution in [0.1, 0.15) is 5.56 Å². The van der Waals surface area contributed by atoms with Crippen molar-refractivity contribution in [2.24, 2.45) is 5.73 Å². The van der Waals surface area contributed by atoms with Crippen LogP contribution in [0.3, 0.4) is 0 Å². The molecule has 2 aromatic carbocycles. The van der Waals surface area contributed by atoms with E-state index in [1.165, 1.54) is 23.9 Å². The van der Waals surface area contributed by atoms with Crippen molar-refractivity contribution in [2.75, 3.05) is 11.5 Å². The quantitative estimate of drug-likeness (QED) is 0.566. The van der Waals surface area contributed by atoms with Crippen LogP contribution in [0.15, 0.2) is 53.4 Å². The van der Waals surface area contributed by atoms with E-state index in [0.717, 1.165) is 10.5 Å². The Morgan fingerprint density at radius 2 is 1.86 bits per heavy atom. The summed E-state index contributed by atoms with van der Waals surface area (Å²) in [5, 5.41) is 10.1. The van der Waals surface area contributed by atoms with Crippen molar-refractivity contribution in [3.63, 3.8) is 0 Å². The number of aliphatic hydroxyl groups excluding tert-OH is 1. The molecule has 2 unspecified atom stereocenters. The third-order valence-electron chi connectivity index (χ3n) is 3.20. The second-order valence-corrected chi connectivity index (χ2v) is 6.01. The second-order valence-electron chi connectivity index (χ2n) is 4.92. The van der Waals surface area contributed by atoms with Gasteiger partial charge in [-0.3, -0.25) is 0 Å². The zero-order valence-corrected chi connectivity index (χ0v) is 12.4. The summed E-state index contributed by atoms with van der Waals surface area (Å²) in [5.41, 5.74) is 12.7. The smallest absolute Gasteiger partial charge is 0.147 e. The van der Waals surface area contributed by atoms with Crippen LogP contribution in [0.4, 0.5) is 10.1 Å². The molecule has 5 N–H and O–H groups in total. The van der Waals surface area contributed by atoms with E-state index in [4.69, 9.17) is 11.5 Å². The summed E-state index contributed by atoms with van der Waals surface area (Å²) in [5.74, 6) is -0.0276. The van der Waals surface area contributed by atoms with E-state index in [0.29, 0.717) is 12.2 Å². The van der Waals surface area contributed by atoms with Crippen molar-refractivity contribution < 1.29 is 9.50 Å². The molecular formula is C16H19FN2OS. The maximum absolute atomic E-state index is 13.3. The molecular weight excluding hydrogens is 287 g/mol. The molecule has 0 aliphatic heterocycles. The zero-order chi connectivity index (χ0) is 15.2. The molecule has 21 heavy (non-hydrogen) atoms. The third-order valence-corrected chi connectivity index (χ3v) is 4.30. The molecule has 0 radical (unpaired) electrons. The summed E-state index contributed by atoms with van der Waals surface area (Å²) in [7, 11) is 0. The molecule has 112 valence electrons. The highest BCUT2D eigenvalue weighted by molar-refractivity contribution is 7.99. The zero-order valence-electron chi connectivity index (χ0n) is 11.6. The maximum Gasteiger partial charge on any atom is 0.147 e. The van der Waals surface area contributed by atoms with Crippen LogP contribution in [0.25, 0.3) is 0 Å². The van der Waals surface area contributed by atoms with E-state index in [2.05, 4.69) is 0 Å². The van der Waals surface area contributed by atoms with Crippen molar-refractivity contribution in [3.8, 4) is 0 Å². The first-order valence-corrected chi connectivity index (χ1v) is 7.70. The van der Waals surface area contributed by atoms with Crippen LogP contribution in [0, 0.1) is 5.82 Å². The summed E-state index contributed by atoms with van der Waals surface area (Å²) in [6, 6.07) is 14.1. The first-order valence-electron chi connectivity index (χ1n) is 6.71. The molecule has 0 saturated heterocycles. The van der Waals surface area contributed by atoms with Gasteiger partial charge in [-0.15, -0.1) is 11.8 Å². The monoisotopic (exact) mass is 306 g/mol. The number of nitrogens with two attached hydrogens (primary N) is 2. The lowest BCUT2D eigenvalue weighted by molar-refractivity contribution is 0.167. The van der Waals surface area contributed by atoms with Gasteiger partial charge in [-0.05, 0) is 30.2 Å². The number of anilines is 1. The lowest BCUT2D eigenvalue weighted by atomic mass is 10.0. The molecule has 0 aliphatic carbocycles. The molecule has 0 bridgehead atoms. The Hall–Kier alpha value is -1.56. The van der Waals surface area contributed by atoms with Crippen molar-refractivity contribution in [1.82, 2.24) is 0 Å². The van der Waals surface area contributed by atoms with E-state index in [1.54, 1.807) is 6.07 Å². The van der Waals surface area contributed by atoms with Crippen molar-refractivity contribution in [2.45, 2.75) is 23.5 Å². The summed E-state index contributed by atoms with van der Waals surface area (Å²) in [4.78, 5) is 0.729. The summed E-state index contributed by atoms with van der Waals surface area (Å²) >= 11 is 1.36. The topological polar surface area (TPSA) is 72.3 Å². The Labute approximate surface area is 128 Å². The predicted octanol–water partition coefficient (Wildman–Crippen LogP) is 2.43. The summed E-state index contributed by atoms with van der Waals surface area (Å²) in [6.45, 7) is 0. The van der Waals surface area contributed by atoms with E-state index in [9.17, 15) is 9.50 Å². The first-order chi connectivity index (χ1) is 10.1. The normalized spacial score (nSPS) is 13.9. The van der Waals surface area contributed by atoms with Gasteiger partial charge in [0.25, 0.3) is 0 Å². The largest absolute Gasteiger partial charge is 0.396 e. The average Bonchev–Trinajstić information content (AvgIpc) is 2.49. The highest BCUT2D eigenvalue weighted by Crippen LogP contribution is 2.23. The van der Waals surface area contributed by atoms with Gasteiger partial charge in [0.05, 0.1) is 11.8 Å². The number of nitrogen functional groups attached to an aromatic ring is 1. The Balaban J connectivity index is 1.86. The van der Waals surface area contributed by atoms with Gasteiger partial charge >= 0.3 is 0 Å². The van der Waals surface area contributed by atoms with Crippen molar-refractivity contribution >= 4 is 17.4 Å². The number of aliphatic hydroxyl groups is 1. The van der Waals surface area contributed by atoms with Crippen LogP contribution < -0.4 is 11.5 Å². The Morgan fingerprint density at radius 1 is 1.14 bits per heavy atom. The molecule has 2 atom stereocenters. The highest BCUT2D eigenvalue weighted by atomic mass is 32.2. The van der Waals surface area contributed by atoms with E-state index in [-0.39, 0.29) is 11.7 Å². The van der Waals surface area contributed by atoms with Gasteiger partial charge in [0, 0.05) is 16.7 Å². The van der Waals surface area contributed by atoms with Gasteiger partial charge in [-0.25, -0.2) is 4.39 Å². The molecule has 0 fully saturated rings. The van der Waals surface area contributed by atoms with Crippen LogP contribution in [0.2, 0.25) is 0 Å². The Morgan fingerprint density at radius 3 is 2.52 bits per heavy atom. The fraction of sp³-hybridized carbons (Fsp3) is 0.250. The lowest BCUT2D eigenvalue weighted by Gasteiger charge is -2.18. The van der Waals surface area contributed by atoms with Crippen molar-refractivity contribution in [3.05, 3.63) is 59.9 Å². The molecule has 0 aliphatic rings. The molecule has 5 heteroatoms. The predicted molar refractivity (Wildman–Crippen MR) is 85.7 cm³/mol. The maximum atomic E-state index is 13.3. The van der Waals surface area contributed by atoms with Crippen LogP contribution in [0.5, 0.6) is 0 Å². The van der Waals surface area contributed by atoms with Crippen LogP contribution in [-0.2, 0) is 6.42 Å². The molecule has 0 spiro atoms. The van der Waals surface area contributed by atoms with Gasteiger partial charge in [-0.1, -0.05) is 30.3 Å². The number of halogens is 1. The van der Waals surface area contributed by atoms with Crippen LogP contribution >= 0.6 is 11.8 Å². The number of hydrogen-bond acceptors (Lipinski definition) is 4. The average molecular weight is 306 g/mol. The Bertz CT molecular complexity index is 580. The molecule has 2 rings (SSSR count). The molecule has 3 nitrogen and oxygen atoms in total. The minimum absolute atomic E-state index is 0.126. The number of benzene rings is 2. The first kappa shape index (κ1) is 15.8. The minimum Gasteiger partial charge on any atom is -0.396 e. The number of hydrogen-bond donors (Lipinski definition) is 3. The molecule has 2 aromatic rings. The van der Waals surface area contributed by atoms with E-state index >= 15 is 0 Å². The van der Waals surface area contributed by atoms with Gasteiger partial charge in [0.2, 0.25) is 0 Å². The van der Waals surface area contributed by atoms with Crippen LogP contribution in [-0.4, -0.2) is 23.0 Å². The minimum atomic E-state index is -0.657. The van der Waals surface area contributed by atoms with Crippen molar-refractivity contribution in [1.29, 1.82) is 0 Å². The molecule has 0 amide bonds. The van der Waals surface area contributed by atoms with E-state index in [1.807, 2.05) is 30.3 Å². The number of thioether (sulfide) groups is 1. The molecule has 0 aromatic heterocycles. The molecule has 0 heterocycles. The van der Waals surface area contributed by atoms with E-state index < -0.39 is 11.9 Å². The Kier molecular flexibility index (Phi) is 5.61. The fourth-order valence-corrected chi connectivity index (χ4v) is 2.89. The van der Waals surface area contributed by atoms with Gasteiger partial charge in [0.1, 0.15) is 5.82 Å². The standard InChI is InChI=1S/C16H19FN2OS/c17-13-9-12(6-7-14(13)18)21-10-16(20)15(19)8-11-4-2-1-3-5-11/h1-7,9,15-16,20H,8,10,18-19H2.